The van der Waals surface area contributed by atoms with Crippen LogP contribution in [0.4, 0.5) is 0 Å². The molecule has 0 rings (SSSR count). The molecule has 0 radical (unpaired) electrons. The lowest BCUT2D eigenvalue weighted by Gasteiger charge is -2.21. The average molecular weight is 1320 g/mol. The van der Waals surface area contributed by atoms with E-state index in [2.05, 4.69) is 142 Å². The summed E-state index contributed by atoms with van der Waals surface area (Å²) in [6.45, 7) is 2.33. The van der Waals surface area contributed by atoms with Gasteiger partial charge in [-0.15, -0.1) is 0 Å². The van der Waals surface area contributed by atoms with Crippen LogP contribution < -0.4 is 0 Å². The lowest BCUT2D eigenvalue weighted by atomic mass is 10.1. The van der Waals surface area contributed by atoms with Gasteiger partial charge in [-0.2, -0.15) is 0 Å². The van der Waals surface area contributed by atoms with Gasteiger partial charge in [-0.1, -0.05) is 257 Å². The topological polar surface area (TPSA) is 231 Å². The summed E-state index contributed by atoms with van der Waals surface area (Å²) >= 11 is 0. The molecule has 91 heavy (non-hydrogen) atoms. The SMILES string of the molecule is CC/C=C\C/C=C\C/C=C\C/C=C\C/C=C\C/C=C\CCCCCCCCCCC(=O)OCC(O)COP(=O)(O)OCC(O)COP(=O)(O)OCC(COC(=O)CCC/C=C\C/C=C\C/C=C\C/C=C\C/C=C\CC)OC(=O)CCCCCCCCCCCCC. The van der Waals surface area contributed by atoms with Gasteiger partial charge in [0.2, 0.25) is 0 Å². The van der Waals surface area contributed by atoms with Gasteiger partial charge in [-0.25, -0.2) is 9.13 Å². The Bertz CT molecular complexity index is 2190. The second-order valence-corrected chi connectivity index (χ2v) is 25.5. The number of aliphatic hydroxyl groups is 2. The zero-order valence-electron chi connectivity index (χ0n) is 56.2. The molecule has 5 atom stereocenters. The first-order valence-electron chi connectivity index (χ1n) is 34.5. The van der Waals surface area contributed by atoms with Crippen LogP contribution in [0.15, 0.2) is 134 Å². The minimum Gasteiger partial charge on any atom is -0.463 e. The lowest BCUT2D eigenvalue weighted by molar-refractivity contribution is -0.161. The lowest BCUT2D eigenvalue weighted by Crippen LogP contribution is -2.30. The van der Waals surface area contributed by atoms with Crippen molar-refractivity contribution in [3.05, 3.63) is 134 Å². The van der Waals surface area contributed by atoms with E-state index in [4.69, 9.17) is 32.3 Å². The fourth-order valence-electron chi connectivity index (χ4n) is 8.67. The Kier molecular flexibility index (Phi) is 62.6. The molecule has 4 N–H and O–H groups in total. The zero-order valence-corrected chi connectivity index (χ0v) is 58.0. The summed E-state index contributed by atoms with van der Waals surface area (Å²) in [7, 11) is -9.79. The molecule has 0 spiro atoms. The van der Waals surface area contributed by atoms with Gasteiger partial charge in [0.25, 0.3) is 0 Å². The van der Waals surface area contributed by atoms with Gasteiger partial charge in [-0.3, -0.25) is 32.5 Å². The Labute approximate surface area is 550 Å². The van der Waals surface area contributed by atoms with Crippen LogP contribution in [0.5, 0.6) is 0 Å². The number of hydrogen-bond acceptors (Lipinski definition) is 14. The van der Waals surface area contributed by atoms with Crippen molar-refractivity contribution in [3.8, 4) is 0 Å². The van der Waals surface area contributed by atoms with Crippen LogP contribution in [0.1, 0.15) is 252 Å². The van der Waals surface area contributed by atoms with Crippen molar-refractivity contribution in [3.63, 3.8) is 0 Å². The molecule has 0 aromatic heterocycles. The molecule has 0 bridgehead atoms. The van der Waals surface area contributed by atoms with Crippen molar-refractivity contribution in [2.24, 2.45) is 0 Å². The van der Waals surface area contributed by atoms with Crippen molar-refractivity contribution < 1.29 is 75.8 Å². The molecular formula is C73H122O16P2. The van der Waals surface area contributed by atoms with Gasteiger partial charge in [-0.05, 0) is 109 Å². The van der Waals surface area contributed by atoms with Crippen LogP contribution in [0, 0.1) is 0 Å². The molecule has 18 heteroatoms. The van der Waals surface area contributed by atoms with Crippen molar-refractivity contribution in [2.75, 3.05) is 39.6 Å². The standard InChI is InChI=1S/C73H122O16P2/c1-4-7-10-13-16-19-22-24-26-28-29-30-31-32-33-34-35-36-37-39-41-42-45-47-50-53-56-59-71(76)83-62-68(74)63-85-90(79,80)86-64-69(75)65-87-91(81,82)88-67-70(89-73(78)61-58-55-52-49-44-21-18-15-12-9-6-3)66-84-72(77)60-57-54-51-48-46-43-40-38-27-25-23-20-17-14-11-8-5-2/h7-8,10-11,16-17,19-20,24-27,29-30,32-33,35-36,40,43,48,51,68-70,74-75H,4-6,9,12-15,18,21-23,28,31,34,37-39,41-42,44-47,49-50,52-67H2,1-3H3,(H,79,80)(H,81,82)/b10-7-,11-8-,19-16-,20-17-,26-24-,27-25-,30-29-,33-32-,36-35-,43-40-,51-48-. The van der Waals surface area contributed by atoms with Crippen LogP contribution in [0.3, 0.4) is 0 Å². The molecule has 0 aliphatic rings. The summed E-state index contributed by atoms with van der Waals surface area (Å²) in [5.41, 5.74) is 0. The van der Waals surface area contributed by atoms with E-state index in [1.54, 1.807) is 0 Å². The molecule has 0 heterocycles. The molecule has 0 aliphatic heterocycles. The molecule has 520 valence electrons. The van der Waals surface area contributed by atoms with E-state index in [1.807, 2.05) is 12.2 Å². The number of aliphatic hydroxyl groups excluding tert-OH is 2. The van der Waals surface area contributed by atoms with Crippen LogP contribution in [-0.2, 0) is 55.8 Å². The maximum Gasteiger partial charge on any atom is 0.472 e. The number of hydrogen-bond donors (Lipinski definition) is 4. The number of carbonyl (C=O) groups excluding carboxylic acids is 3. The first-order chi connectivity index (χ1) is 44.2. The smallest absolute Gasteiger partial charge is 0.463 e. The van der Waals surface area contributed by atoms with Crippen LogP contribution >= 0.6 is 15.6 Å². The highest BCUT2D eigenvalue weighted by molar-refractivity contribution is 7.47. The summed E-state index contributed by atoms with van der Waals surface area (Å²) in [4.78, 5) is 58.3. The molecule has 0 fully saturated rings. The Morgan fingerprint density at radius 3 is 0.967 bits per heavy atom. The molecule has 0 saturated carbocycles. The number of ether oxygens (including phenoxy) is 3. The van der Waals surface area contributed by atoms with Gasteiger partial charge in [0.1, 0.15) is 25.4 Å². The van der Waals surface area contributed by atoms with E-state index < -0.39 is 91.5 Å². The Hall–Kier alpha value is -4.31. The first kappa shape index (κ1) is 86.7. The number of carbonyl (C=O) groups is 3. The number of unbranched alkanes of at least 4 members (excludes halogenated alkanes) is 19. The molecular weight excluding hydrogens is 1190 g/mol. The highest BCUT2D eigenvalue weighted by atomic mass is 31.2. The second kappa shape index (κ2) is 65.7. The quantitative estimate of drug-likeness (QED) is 0.0146. The van der Waals surface area contributed by atoms with Gasteiger partial charge in [0, 0.05) is 19.3 Å². The van der Waals surface area contributed by atoms with Crippen LogP contribution in [-0.4, -0.2) is 95.9 Å². The van der Waals surface area contributed by atoms with Crippen molar-refractivity contribution in [2.45, 2.75) is 270 Å². The van der Waals surface area contributed by atoms with Gasteiger partial charge in [0.05, 0.1) is 26.4 Å². The molecule has 5 unspecified atom stereocenters. The summed E-state index contributed by atoms with van der Waals surface area (Å²) in [5.74, 6) is -1.66. The number of esters is 3. The maximum atomic E-state index is 12.9. The van der Waals surface area contributed by atoms with Gasteiger partial charge < -0.3 is 34.2 Å². The second-order valence-electron chi connectivity index (χ2n) is 22.6. The highest BCUT2D eigenvalue weighted by Crippen LogP contribution is 2.45. The van der Waals surface area contributed by atoms with Crippen LogP contribution in [0.25, 0.3) is 0 Å². The fourth-order valence-corrected chi connectivity index (χ4v) is 10.3. The molecule has 0 aromatic carbocycles. The third-order valence-electron chi connectivity index (χ3n) is 13.9. The van der Waals surface area contributed by atoms with Gasteiger partial charge in [0.15, 0.2) is 6.10 Å². The average Bonchev–Trinajstić information content (AvgIpc) is 3.69. The number of allylic oxidation sites excluding steroid dienone is 22. The predicted molar refractivity (Wildman–Crippen MR) is 371 cm³/mol. The van der Waals surface area contributed by atoms with Crippen molar-refractivity contribution >= 4 is 33.6 Å². The first-order valence-corrected chi connectivity index (χ1v) is 37.5. The third kappa shape index (κ3) is 66.9. The molecule has 16 nitrogen and oxygen atoms in total. The van der Waals surface area contributed by atoms with Crippen molar-refractivity contribution in [1.29, 1.82) is 0 Å². The third-order valence-corrected chi connectivity index (χ3v) is 15.8. The number of phosphoric ester groups is 2. The molecule has 0 amide bonds. The van der Waals surface area contributed by atoms with E-state index >= 15 is 0 Å². The molecule has 0 saturated heterocycles. The van der Waals surface area contributed by atoms with E-state index in [0.29, 0.717) is 25.7 Å². The zero-order chi connectivity index (χ0) is 66.7. The summed E-state index contributed by atoms with van der Waals surface area (Å²) in [5, 5.41) is 20.5. The maximum absolute atomic E-state index is 12.9. The molecule has 0 aromatic rings. The summed E-state index contributed by atoms with van der Waals surface area (Å²) in [6.07, 6.45) is 76.7. The molecule has 0 aliphatic carbocycles. The van der Waals surface area contributed by atoms with E-state index in [1.165, 1.54) is 57.8 Å². The van der Waals surface area contributed by atoms with Crippen molar-refractivity contribution in [1.82, 2.24) is 0 Å². The minimum atomic E-state index is -4.93. The normalized spacial score (nSPS) is 15.0. The Morgan fingerprint density at radius 2 is 0.593 bits per heavy atom. The van der Waals surface area contributed by atoms with Gasteiger partial charge >= 0.3 is 33.6 Å². The number of rotatable bonds is 64. The highest BCUT2D eigenvalue weighted by Gasteiger charge is 2.29. The summed E-state index contributed by atoms with van der Waals surface area (Å²) in [6, 6.07) is 0. The van der Waals surface area contributed by atoms with E-state index in [9.17, 15) is 43.5 Å². The Morgan fingerprint density at radius 1 is 0.319 bits per heavy atom. The Balaban J connectivity index is 4.54. The predicted octanol–water partition coefficient (Wildman–Crippen LogP) is 19.2. The van der Waals surface area contributed by atoms with E-state index in [-0.39, 0.29) is 19.3 Å². The fraction of sp³-hybridized carbons (Fsp3) is 0.658. The monoisotopic (exact) mass is 1320 g/mol. The minimum absolute atomic E-state index is 0.0908. The van der Waals surface area contributed by atoms with Crippen LogP contribution in [0.2, 0.25) is 0 Å². The number of phosphoric acid groups is 2. The summed E-state index contributed by atoms with van der Waals surface area (Å²) < 4.78 is 60.7. The van der Waals surface area contributed by atoms with E-state index in [0.717, 1.165) is 128 Å². The largest absolute Gasteiger partial charge is 0.472 e.